The Morgan fingerprint density at radius 1 is 0.288 bits per heavy atom. The third kappa shape index (κ3) is 3.48. The maximum Gasteiger partial charge on any atom is 0.136 e. The van der Waals surface area contributed by atoms with Crippen LogP contribution in [-0.4, -0.2) is 0 Å². The first kappa shape index (κ1) is 27.5. The Morgan fingerprint density at radius 3 is 1.19 bits per heavy atom. The molecule has 4 aromatic heterocycles. The third-order valence-corrected chi connectivity index (χ3v) is 13.7. The van der Waals surface area contributed by atoms with Gasteiger partial charge in [-0.05, 0) is 81.9 Å². The van der Waals surface area contributed by atoms with E-state index in [1.54, 1.807) is 0 Å². The van der Waals surface area contributed by atoms with Gasteiger partial charge in [-0.3, -0.25) is 0 Å². The average molecular weight is 697 g/mol. The van der Waals surface area contributed by atoms with E-state index in [2.05, 4.69) is 146 Å². The molecular formula is C48H24O2S2. The van der Waals surface area contributed by atoms with Gasteiger partial charge in [0.05, 0.1) is 0 Å². The molecule has 0 saturated carbocycles. The van der Waals surface area contributed by atoms with E-state index in [-0.39, 0.29) is 0 Å². The summed E-state index contributed by atoms with van der Waals surface area (Å²) in [5.74, 6) is 0. The van der Waals surface area contributed by atoms with Crippen molar-refractivity contribution in [1.29, 1.82) is 0 Å². The Balaban J connectivity index is 1.30. The first-order valence-corrected chi connectivity index (χ1v) is 19.2. The van der Waals surface area contributed by atoms with Crippen molar-refractivity contribution >= 4 is 107 Å². The van der Waals surface area contributed by atoms with Crippen molar-refractivity contribution in [2.24, 2.45) is 0 Å². The molecule has 52 heavy (non-hydrogen) atoms. The molecule has 2 nitrogen and oxygen atoms in total. The Morgan fingerprint density at radius 2 is 0.712 bits per heavy atom. The van der Waals surface area contributed by atoms with E-state index in [4.69, 9.17) is 8.83 Å². The van der Waals surface area contributed by atoms with E-state index in [1.165, 1.54) is 73.7 Å². The number of hydrogen-bond donors (Lipinski definition) is 0. The molecule has 0 unspecified atom stereocenters. The third-order valence-electron chi connectivity index (χ3n) is 11.2. The van der Waals surface area contributed by atoms with Gasteiger partial charge in [-0.15, -0.1) is 22.7 Å². The Labute approximate surface area is 304 Å². The topological polar surface area (TPSA) is 26.3 Å². The van der Waals surface area contributed by atoms with Crippen LogP contribution in [0.1, 0.15) is 0 Å². The molecule has 1 aliphatic rings. The lowest BCUT2D eigenvalue weighted by molar-refractivity contribution is 0.668. The predicted molar refractivity (Wildman–Crippen MR) is 222 cm³/mol. The van der Waals surface area contributed by atoms with Crippen molar-refractivity contribution < 1.29 is 8.83 Å². The van der Waals surface area contributed by atoms with Gasteiger partial charge in [0.15, 0.2) is 0 Å². The van der Waals surface area contributed by atoms with Crippen LogP contribution in [0.3, 0.4) is 0 Å². The second kappa shape index (κ2) is 9.77. The van der Waals surface area contributed by atoms with E-state index in [9.17, 15) is 0 Å². The SMILES string of the molecule is c1ccc2c(c1)oc1cc3c(cc12)-c1c(ccc2c1sc1ccccc12)-c1ccc2c(sc4ccccc42)c1-c1cc2c(cc1-3)oc1ccccc12. The fourth-order valence-electron chi connectivity index (χ4n) is 8.96. The lowest BCUT2D eigenvalue weighted by atomic mass is 9.79. The van der Waals surface area contributed by atoms with Crippen LogP contribution in [0.5, 0.6) is 0 Å². The molecule has 12 aromatic rings. The number of benzene rings is 8. The van der Waals surface area contributed by atoms with Gasteiger partial charge in [-0.2, -0.15) is 0 Å². The second-order valence-corrected chi connectivity index (χ2v) is 16.0. The van der Waals surface area contributed by atoms with Crippen molar-refractivity contribution in [3.05, 3.63) is 146 Å². The van der Waals surface area contributed by atoms with E-state index >= 15 is 0 Å². The molecule has 0 fully saturated rings. The summed E-state index contributed by atoms with van der Waals surface area (Å²) >= 11 is 3.79. The summed E-state index contributed by atoms with van der Waals surface area (Å²) in [5.41, 5.74) is 13.4. The van der Waals surface area contributed by atoms with Crippen LogP contribution in [0, 0.1) is 0 Å². The molecule has 240 valence electrons. The zero-order valence-corrected chi connectivity index (χ0v) is 29.1. The van der Waals surface area contributed by atoms with Crippen LogP contribution < -0.4 is 0 Å². The summed E-state index contributed by atoms with van der Waals surface area (Å²) in [4.78, 5) is 0. The van der Waals surface area contributed by atoms with Crippen LogP contribution in [-0.2, 0) is 0 Å². The Kier molecular flexibility index (Phi) is 5.17. The highest BCUT2D eigenvalue weighted by Gasteiger charge is 2.29. The minimum atomic E-state index is 0.890. The van der Waals surface area contributed by atoms with Gasteiger partial charge >= 0.3 is 0 Å². The second-order valence-electron chi connectivity index (χ2n) is 13.9. The van der Waals surface area contributed by atoms with Crippen LogP contribution in [0.25, 0.3) is 129 Å². The van der Waals surface area contributed by atoms with E-state index in [0.29, 0.717) is 0 Å². The highest BCUT2D eigenvalue weighted by atomic mass is 32.1. The molecule has 4 heteroatoms. The van der Waals surface area contributed by atoms with Crippen LogP contribution in [0.4, 0.5) is 0 Å². The van der Waals surface area contributed by atoms with Crippen molar-refractivity contribution in [2.75, 3.05) is 0 Å². The lowest BCUT2D eigenvalue weighted by Gasteiger charge is -2.24. The van der Waals surface area contributed by atoms with Gasteiger partial charge in [-0.25, -0.2) is 0 Å². The van der Waals surface area contributed by atoms with Crippen molar-refractivity contribution in [3.63, 3.8) is 0 Å². The van der Waals surface area contributed by atoms with Gasteiger partial charge in [-0.1, -0.05) is 97.1 Å². The molecular weight excluding hydrogens is 673 g/mol. The zero-order chi connectivity index (χ0) is 33.7. The molecule has 0 amide bonds. The first-order valence-electron chi connectivity index (χ1n) is 17.6. The molecule has 0 saturated heterocycles. The minimum absolute atomic E-state index is 0.890. The smallest absolute Gasteiger partial charge is 0.136 e. The van der Waals surface area contributed by atoms with Gasteiger partial charge in [0.1, 0.15) is 22.3 Å². The summed E-state index contributed by atoms with van der Waals surface area (Å²) in [5, 5.41) is 9.71. The largest absolute Gasteiger partial charge is 0.456 e. The Hall–Kier alpha value is -6.20. The Bertz CT molecular complexity index is 3300. The molecule has 4 heterocycles. The highest BCUT2D eigenvalue weighted by molar-refractivity contribution is 7.27. The monoisotopic (exact) mass is 696 g/mol. The van der Waals surface area contributed by atoms with Crippen molar-refractivity contribution in [1.82, 2.24) is 0 Å². The van der Waals surface area contributed by atoms with Gasteiger partial charge in [0.2, 0.25) is 0 Å². The predicted octanol–water partition coefficient (Wildman–Crippen LogP) is 15.2. The van der Waals surface area contributed by atoms with E-state index < -0.39 is 0 Å². The summed E-state index contributed by atoms with van der Waals surface area (Å²) in [6.07, 6.45) is 0. The van der Waals surface area contributed by atoms with Crippen LogP contribution in [0.15, 0.2) is 154 Å². The molecule has 0 N–H and O–H groups in total. The number of thiophene rings is 2. The van der Waals surface area contributed by atoms with E-state index in [1.807, 2.05) is 22.7 Å². The molecule has 0 bridgehead atoms. The molecule has 0 radical (unpaired) electrons. The number of fused-ring (bicyclic) bond motifs is 22. The quantitative estimate of drug-likeness (QED) is 0.158. The lowest BCUT2D eigenvalue weighted by Crippen LogP contribution is -1.98. The summed E-state index contributed by atoms with van der Waals surface area (Å²) in [6.45, 7) is 0. The zero-order valence-electron chi connectivity index (χ0n) is 27.5. The molecule has 0 spiro atoms. The number of rotatable bonds is 0. The molecule has 13 rings (SSSR count). The molecule has 1 aliphatic carbocycles. The summed E-state index contributed by atoms with van der Waals surface area (Å²) in [6, 6.07) is 53.3. The van der Waals surface area contributed by atoms with Crippen LogP contribution in [0.2, 0.25) is 0 Å². The van der Waals surface area contributed by atoms with Gasteiger partial charge in [0, 0.05) is 73.0 Å². The fourth-order valence-corrected chi connectivity index (χ4v) is 11.5. The minimum Gasteiger partial charge on any atom is -0.456 e. The normalized spacial score (nSPS) is 12.6. The van der Waals surface area contributed by atoms with Gasteiger partial charge in [0.25, 0.3) is 0 Å². The summed E-state index contributed by atoms with van der Waals surface area (Å²) in [7, 11) is 0. The standard InChI is InChI=1S/C48H24O2S2/c1-5-13-39-25(9-1)35-21-37-33(23-41(35)49-39)34-24-42-36(26-10-2-6-14-40(26)50-42)22-38(34)46-30(18-20-32-28-12-4-8-16-44(28)52-48(32)46)29-17-19-31-27-11-3-7-15-43(27)51-47(31)45(29)37/h1-24H. The van der Waals surface area contributed by atoms with Crippen molar-refractivity contribution in [3.8, 4) is 44.5 Å². The summed E-state index contributed by atoms with van der Waals surface area (Å²) < 4.78 is 18.5. The number of furan rings is 2. The van der Waals surface area contributed by atoms with Crippen molar-refractivity contribution in [2.45, 2.75) is 0 Å². The number of hydrogen-bond acceptors (Lipinski definition) is 4. The fraction of sp³-hybridized carbons (Fsp3) is 0. The first-order chi connectivity index (χ1) is 25.8. The van der Waals surface area contributed by atoms with Gasteiger partial charge < -0.3 is 8.83 Å². The maximum absolute atomic E-state index is 6.63. The average Bonchev–Trinajstić information content (AvgIpc) is 3.95. The highest BCUT2D eigenvalue weighted by Crippen LogP contribution is 2.57. The molecule has 0 atom stereocenters. The van der Waals surface area contributed by atoms with E-state index in [0.717, 1.165) is 55.0 Å². The molecule has 8 aromatic carbocycles. The maximum atomic E-state index is 6.63. The number of para-hydroxylation sites is 2. The molecule has 0 aliphatic heterocycles. The van der Waals surface area contributed by atoms with Crippen LogP contribution >= 0.6 is 22.7 Å².